The van der Waals surface area contributed by atoms with Crippen LogP contribution in [0.2, 0.25) is 0 Å². The van der Waals surface area contributed by atoms with Crippen molar-refractivity contribution in [2.45, 2.75) is 26.9 Å². The van der Waals surface area contributed by atoms with Gasteiger partial charge < -0.3 is 14.8 Å². The van der Waals surface area contributed by atoms with Crippen LogP contribution in [0.25, 0.3) is 10.6 Å². The summed E-state index contributed by atoms with van der Waals surface area (Å²) in [6.45, 7) is 7.19. The van der Waals surface area contributed by atoms with E-state index in [9.17, 15) is 4.79 Å². The first kappa shape index (κ1) is 16.7. The van der Waals surface area contributed by atoms with E-state index in [0.717, 1.165) is 10.6 Å². The van der Waals surface area contributed by atoms with E-state index < -0.39 is 6.10 Å². The molecule has 0 saturated carbocycles. The Bertz CT molecular complexity index is 609. The van der Waals surface area contributed by atoms with Gasteiger partial charge in [-0.2, -0.15) is 5.10 Å². The third-order valence-corrected chi connectivity index (χ3v) is 4.04. The number of carbonyl (C=O) groups is 1. The van der Waals surface area contributed by atoms with Crippen molar-refractivity contribution in [3.05, 3.63) is 23.1 Å². The molecule has 7 heteroatoms. The Labute approximate surface area is 133 Å². The van der Waals surface area contributed by atoms with Gasteiger partial charge in [0.1, 0.15) is 6.10 Å². The number of nitrogens with zero attached hydrogens (tertiary/aromatic N) is 1. The summed E-state index contributed by atoms with van der Waals surface area (Å²) >= 11 is 1.67. The summed E-state index contributed by atoms with van der Waals surface area (Å²) in [4.78, 5) is 14.3. The van der Waals surface area contributed by atoms with E-state index >= 15 is 0 Å². The molecule has 0 aliphatic heterocycles. The Morgan fingerprint density at radius 1 is 1.45 bits per heavy atom. The monoisotopic (exact) mass is 323 g/mol. The molecule has 0 saturated heterocycles. The van der Waals surface area contributed by atoms with Gasteiger partial charge in [0.25, 0.3) is 5.91 Å². The minimum absolute atomic E-state index is 0.225. The number of amides is 1. The first-order chi connectivity index (χ1) is 10.6. The lowest BCUT2D eigenvalue weighted by Crippen LogP contribution is -2.29. The number of rotatable bonds is 8. The molecule has 0 bridgehead atoms. The summed E-state index contributed by atoms with van der Waals surface area (Å²) in [5.41, 5.74) is 0.887. The highest BCUT2D eigenvalue weighted by atomic mass is 32.1. The largest absolute Gasteiger partial charge is 0.379 e. The number of thiophene rings is 1. The van der Waals surface area contributed by atoms with Crippen molar-refractivity contribution in [3.8, 4) is 10.6 Å². The van der Waals surface area contributed by atoms with Crippen molar-refractivity contribution in [2.24, 2.45) is 0 Å². The average molecular weight is 323 g/mol. The van der Waals surface area contributed by atoms with Crippen molar-refractivity contribution in [3.63, 3.8) is 0 Å². The van der Waals surface area contributed by atoms with E-state index in [2.05, 4.69) is 22.4 Å². The molecule has 2 aromatic rings. The summed E-state index contributed by atoms with van der Waals surface area (Å²) in [5, 5.41) is 9.76. The number of ether oxygens (including phenoxy) is 2. The average Bonchev–Trinajstić information content (AvgIpc) is 3.12. The standard InChI is InChI=1S/C15H21N3O3S/c1-4-20-7-8-21-11(3)15(19)16-14-9-12(17-18-14)13-6-5-10(2)22-13/h5-6,9,11H,4,7-8H2,1-3H3,(H2,16,17,18,19)/t11-/m0/s1. The van der Waals surface area contributed by atoms with Crippen molar-refractivity contribution in [2.75, 3.05) is 25.1 Å². The zero-order valence-corrected chi connectivity index (χ0v) is 13.8. The molecule has 0 aromatic carbocycles. The quantitative estimate of drug-likeness (QED) is 0.732. The Hall–Kier alpha value is -1.70. The van der Waals surface area contributed by atoms with Gasteiger partial charge in [-0.05, 0) is 32.9 Å². The molecule has 2 heterocycles. The molecule has 120 valence electrons. The molecular weight excluding hydrogens is 302 g/mol. The lowest BCUT2D eigenvalue weighted by Gasteiger charge is -2.11. The Morgan fingerprint density at radius 2 is 2.27 bits per heavy atom. The number of anilines is 1. The van der Waals surface area contributed by atoms with Crippen molar-refractivity contribution >= 4 is 23.1 Å². The maximum atomic E-state index is 12.0. The van der Waals surface area contributed by atoms with Gasteiger partial charge in [-0.25, -0.2) is 0 Å². The van der Waals surface area contributed by atoms with Crippen LogP contribution in [0.15, 0.2) is 18.2 Å². The van der Waals surface area contributed by atoms with Crippen molar-refractivity contribution < 1.29 is 14.3 Å². The van der Waals surface area contributed by atoms with E-state index in [-0.39, 0.29) is 5.91 Å². The number of aromatic amines is 1. The van der Waals surface area contributed by atoms with E-state index in [0.29, 0.717) is 25.6 Å². The highest BCUT2D eigenvalue weighted by Crippen LogP contribution is 2.27. The molecule has 0 spiro atoms. The fourth-order valence-electron chi connectivity index (χ4n) is 1.82. The van der Waals surface area contributed by atoms with Gasteiger partial charge in [0.15, 0.2) is 5.82 Å². The van der Waals surface area contributed by atoms with Crippen LogP contribution in [0.3, 0.4) is 0 Å². The summed E-state index contributed by atoms with van der Waals surface area (Å²) < 4.78 is 10.6. The Morgan fingerprint density at radius 3 is 2.95 bits per heavy atom. The second kappa shape index (κ2) is 8.07. The minimum atomic E-state index is -0.551. The first-order valence-electron chi connectivity index (χ1n) is 7.22. The van der Waals surface area contributed by atoms with Crippen LogP contribution in [0.5, 0.6) is 0 Å². The van der Waals surface area contributed by atoms with E-state index in [1.54, 1.807) is 18.3 Å². The molecule has 0 unspecified atom stereocenters. The van der Waals surface area contributed by atoms with Gasteiger partial charge in [0.2, 0.25) is 0 Å². The predicted octanol–water partition coefficient (Wildman–Crippen LogP) is 2.83. The van der Waals surface area contributed by atoms with Crippen LogP contribution in [0, 0.1) is 6.92 Å². The van der Waals surface area contributed by atoms with E-state index in [1.807, 2.05) is 25.1 Å². The SMILES string of the molecule is CCOCCO[C@@H](C)C(=O)Nc1cc(-c2ccc(C)s2)[nH]n1. The molecule has 2 rings (SSSR count). The third-order valence-electron chi connectivity index (χ3n) is 3.00. The fourth-order valence-corrected chi connectivity index (χ4v) is 2.66. The van der Waals surface area contributed by atoms with E-state index in [4.69, 9.17) is 9.47 Å². The van der Waals surface area contributed by atoms with Gasteiger partial charge in [-0.15, -0.1) is 11.3 Å². The summed E-state index contributed by atoms with van der Waals surface area (Å²) in [7, 11) is 0. The highest BCUT2D eigenvalue weighted by Gasteiger charge is 2.15. The molecule has 2 aromatic heterocycles. The summed E-state index contributed by atoms with van der Waals surface area (Å²) in [5.74, 6) is 0.267. The topological polar surface area (TPSA) is 76.2 Å². The molecule has 0 radical (unpaired) electrons. The van der Waals surface area contributed by atoms with Gasteiger partial charge in [-0.1, -0.05) is 0 Å². The molecular formula is C15H21N3O3S. The van der Waals surface area contributed by atoms with Crippen LogP contribution < -0.4 is 5.32 Å². The smallest absolute Gasteiger partial charge is 0.254 e. The zero-order chi connectivity index (χ0) is 15.9. The fraction of sp³-hybridized carbons (Fsp3) is 0.467. The summed E-state index contributed by atoms with van der Waals surface area (Å²) in [6, 6.07) is 5.89. The van der Waals surface area contributed by atoms with Crippen LogP contribution >= 0.6 is 11.3 Å². The molecule has 1 amide bonds. The molecule has 22 heavy (non-hydrogen) atoms. The number of hydrogen-bond acceptors (Lipinski definition) is 5. The summed E-state index contributed by atoms with van der Waals surface area (Å²) in [6.07, 6.45) is -0.551. The Balaban J connectivity index is 1.85. The molecule has 0 aliphatic carbocycles. The van der Waals surface area contributed by atoms with Gasteiger partial charge in [-0.3, -0.25) is 9.89 Å². The molecule has 0 aliphatic rings. The molecule has 1 atom stereocenters. The number of carbonyl (C=O) groups excluding carboxylic acids is 1. The molecule has 0 fully saturated rings. The van der Waals surface area contributed by atoms with Gasteiger partial charge in [0.05, 0.1) is 23.8 Å². The highest BCUT2D eigenvalue weighted by molar-refractivity contribution is 7.15. The second-order valence-electron chi connectivity index (χ2n) is 4.78. The van der Waals surface area contributed by atoms with E-state index in [1.165, 1.54) is 4.88 Å². The van der Waals surface area contributed by atoms with Crippen LogP contribution in [-0.2, 0) is 14.3 Å². The zero-order valence-electron chi connectivity index (χ0n) is 13.0. The normalized spacial score (nSPS) is 12.3. The number of aryl methyl sites for hydroxylation is 1. The first-order valence-corrected chi connectivity index (χ1v) is 8.04. The van der Waals surface area contributed by atoms with Crippen LogP contribution in [-0.4, -0.2) is 42.0 Å². The lowest BCUT2D eigenvalue weighted by molar-refractivity contribution is -0.127. The maximum Gasteiger partial charge on any atom is 0.254 e. The number of nitrogens with one attached hydrogen (secondary N) is 2. The molecule has 2 N–H and O–H groups in total. The van der Waals surface area contributed by atoms with Crippen molar-refractivity contribution in [1.29, 1.82) is 0 Å². The maximum absolute atomic E-state index is 12.0. The van der Waals surface area contributed by atoms with Gasteiger partial charge in [0, 0.05) is 17.6 Å². The second-order valence-corrected chi connectivity index (χ2v) is 6.06. The predicted molar refractivity (Wildman–Crippen MR) is 87.2 cm³/mol. The number of aromatic nitrogens is 2. The van der Waals surface area contributed by atoms with Crippen molar-refractivity contribution in [1.82, 2.24) is 10.2 Å². The number of hydrogen-bond donors (Lipinski definition) is 2. The van der Waals surface area contributed by atoms with Crippen LogP contribution in [0.1, 0.15) is 18.7 Å². The molecule has 6 nitrogen and oxygen atoms in total. The number of H-pyrrole nitrogens is 1. The van der Waals surface area contributed by atoms with Gasteiger partial charge >= 0.3 is 0 Å². The minimum Gasteiger partial charge on any atom is -0.379 e. The Kier molecular flexibility index (Phi) is 6.11. The third kappa shape index (κ3) is 4.66. The lowest BCUT2D eigenvalue weighted by atomic mass is 10.3. The van der Waals surface area contributed by atoms with Crippen LogP contribution in [0.4, 0.5) is 5.82 Å².